The number of Topliss-reactive ketones (excluding diaryl/α,β-unsaturated/α-hetero) is 1. The van der Waals surface area contributed by atoms with Crippen LogP contribution >= 0.6 is 0 Å². The number of rotatable bonds is 8. The molecule has 37 heavy (non-hydrogen) atoms. The first kappa shape index (κ1) is 23.6. The van der Waals surface area contributed by atoms with Crippen LogP contribution in [0.3, 0.4) is 0 Å². The number of hydrogen-bond acceptors (Lipinski definition) is 6. The Morgan fingerprint density at radius 1 is 0.784 bits per heavy atom. The molecule has 0 bridgehead atoms. The molecule has 0 aliphatic carbocycles. The molecule has 0 saturated heterocycles. The van der Waals surface area contributed by atoms with Crippen LogP contribution in [0.15, 0.2) is 91.0 Å². The van der Waals surface area contributed by atoms with Crippen LogP contribution in [0.25, 0.3) is 0 Å². The summed E-state index contributed by atoms with van der Waals surface area (Å²) in [5, 5.41) is 11.3. The van der Waals surface area contributed by atoms with Crippen molar-refractivity contribution in [2.24, 2.45) is 0 Å². The topological polar surface area (TPSA) is 118 Å². The first-order chi connectivity index (χ1) is 18.0. The second-order valence-corrected chi connectivity index (χ2v) is 8.12. The van der Waals surface area contributed by atoms with Gasteiger partial charge in [-0.1, -0.05) is 66.7 Å². The zero-order valence-electron chi connectivity index (χ0n) is 19.5. The Hall–Kier alpha value is -5.18. The predicted molar refractivity (Wildman–Crippen MR) is 135 cm³/mol. The largest absolute Gasteiger partial charge is 0.473 e. The Kier molecular flexibility index (Phi) is 6.50. The van der Waals surface area contributed by atoms with Gasteiger partial charge in [0.15, 0.2) is 0 Å². The van der Waals surface area contributed by atoms with E-state index in [2.05, 4.69) is 10.3 Å². The second-order valence-electron chi connectivity index (χ2n) is 8.12. The molecular weight excluding hydrogens is 474 g/mol. The van der Waals surface area contributed by atoms with Gasteiger partial charge >= 0.3 is 12.0 Å². The van der Waals surface area contributed by atoms with Gasteiger partial charge < -0.3 is 14.6 Å². The summed E-state index contributed by atoms with van der Waals surface area (Å²) in [6, 6.07) is 26.7. The predicted octanol–water partition coefficient (Wildman–Crippen LogP) is 5.19. The number of amides is 2. The zero-order valence-corrected chi connectivity index (χ0v) is 19.5. The molecule has 3 aromatic carbocycles. The number of carboxylic acid groups (broad SMARTS) is 1. The number of ketones is 1. The minimum absolute atomic E-state index is 0.0216. The lowest BCUT2D eigenvalue weighted by atomic mass is 10.1. The van der Waals surface area contributed by atoms with Crippen molar-refractivity contribution < 1.29 is 29.0 Å². The molecule has 1 aromatic heterocycles. The van der Waals surface area contributed by atoms with Gasteiger partial charge in [0.05, 0.1) is 16.9 Å². The van der Waals surface area contributed by atoms with Gasteiger partial charge in [0.1, 0.15) is 18.9 Å². The molecule has 0 atom stereocenters. The van der Waals surface area contributed by atoms with Crippen molar-refractivity contribution in [1.82, 2.24) is 4.98 Å². The van der Waals surface area contributed by atoms with Gasteiger partial charge in [-0.15, -0.1) is 0 Å². The van der Waals surface area contributed by atoms with Gasteiger partial charge in [0.25, 0.3) is 5.78 Å². The van der Waals surface area contributed by atoms with Crippen LogP contribution < -0.4 is 19.7 Å². The average Bonchev–Trinajstić information content (AvgIpc) is 3.17. The maximum absolute atomic E-state index is 13.1. The van der Waals surface area contributed by atoms with Gasteiger partial charge in [-0.2, -0.15) is 4.98 Å². The van der Waals surface area contributed by atoms with Gasteiger partial charge in [-0.05, 0) is 29.3 Å². The van der Waals surface area contributed by atoms with Crippen LogP contribution in [0.1, 0.15) is 21.5 Å². The zero-order chi connectivity index (χ0) is 25.8. The Balaban J connectivity index is 1.51. The molecule has 5 rings (SSSR count). The summed E-state index contributed by atoms with van der Waals surface area (Å²) >= 11 is 0. The highest BCUT2D eigenvalue weighted by Gasteiger charge is 2.40. The fourth-order valence-electron chi connectivity index (χ4n) is 3.97. The van der Waals surface area contributed by atoms with Crippen molar-refractivity contribution >= 4 is 34.8 Å². The van der Waals surface area contributed by atoms with Crippen LogP contribution in [-0.4, -0.2) is 27.9 Å². The van der Waals surface area contributed by atoms with Crippen LogP contribution in [0.4, 0.5) is 21.9 Å². The SMILES string of the molecule is O=C(O)Nc1cccc2c1C(=O)C(=O)N2c1ccc(OCc2ccccc2)nc1OCc1ccccc1. The summed E-state index contributed by atoms with van der Waals surface area (Å²) in [6.45, 7) is 0.436. The summed E-state index contributed by atoms with van der Waals surface area (Å²) in [5.74, 6) is -1.33. The third-order valence-corrected chi connectivity index (χ3v) is 5.65. The van der Waals surface area contributed by atoms with Crippen molar-refractivity contribution in [3.8, 4) is 11.8 Å². The Morgan fingerprint density at radius 2 is 1.43 bits per heavy atom. The molecular formula is C28H21N3O6. The Morgan fingerprint density at radius 3 is 2.08 bits per heavy atom. The van der Waals surface area contributed by atoms with Crippen LogP contribution in [0.2, 0.25) is 0 Å². The van der Waals surface area contributed by atoms with Crippen LogP contribution in [0.5, 0.6) is 11.8 Å². The molecule has 0 radical (unpaired) electrons. The molecule has 2 N–H and O–H groups in total. The van der Waals surface area contributed by atoms with Crippen molar-refractivity contribution in [3.63, 3.8) is 0 Å². The summed E-state index contributed by atoms with van der Waals surface area (Å²) in [5.41, 5.74) is 2.27. The number of pyridine rings is 1. The van der Waals surface area contributed by atoms with Crippen LogP contribution in [0, 0.1) is 0 Å². The van der Waals surface area contributed by atoms with Crippen molar-refractivity contribution in [2.75, 3.05) is 10.2 Å². The van der Waals surface area contributed by atoms with E-state index in [-0.39, 0.29) is 47.6 Å². The van der Waals surface area contributed by atoms with Crippen LogP contribution in [-0.2, 0) is 18.0 Å². The first-order valence-electron chi connectivity index (χ1n) is 11.4. The molecule has 2 amide bonds. The summed E-state index contributed by atoms with van der Waals surface area (Å²) in [4.78, 5) is 42.9. The fraction of sp³-hybridized carbons (Fsp3) is 0.0714. The van der Waals surface area contributed by atoms with E-state index in [4.69, 9.17) is 14.6 Å². The van der Waals surface area contributed by atoms with E-state index in [9.17, 15) is 14.4 Å². The lowest BCUT2D eigenvalue weighted by Crippen LogP contribution is -2.25. The van der Waals surface area contributed by atoms with Gasteiger partial charge in [-0.3, -0.25) is 19.8 Å². The van der Waals surface area contributed by atoms with E-state index in [0.717, 1.165) is 11.1 Å². The molecule has 0 spiro atoms. The van der Waals surface area contributed by atoms with Gasteiger partial charge in [-0.25, -0.2) is 4.79 Å². The van der Waals surface area contributed by atoms with Crippen molar-refractivity contribution in [2.45, 2.75) is 13.2 Å². The first-order valence-corrected chi connectivity index (χ1v) is 11.4. The number of anilines is 3. The molecule has 2 heterocycles. The number of nitrogens with one attached hydrogen (secondary N) is 1. The molecule has 1 aliphatic heterocycles. The second kappa shape index (κ2) is 10.2. The van der Waals surface area contributed by atoms with E-state index in [1.807, 2.05) is 60.7 Å². The highest BCUT2D eigenvalue weighted by atomic mass is 16.5. The molecule has 1 aliphatic rings. The smallest absolute Gasteiger partial charge is 0.409 e. The maximum Gasteiger partial charge on any atom is 0.409 e. The Labute approximate surface area is 211 Å². The van der Waals surface area contributed by atoms with E-state index in [0.29, 0.717) is 0 Å². The standard InChI is InChI=1S/C28H21N3O6/c32-25-24-20(29-28(34)35)12-7-13-21(24)31(27(25)33)22-14-15-23(36-16-18-8-3-1-4-9-18)30-26(22)37-17-19-10-5-2-6-11-19/h1-15,29H,16-17H2,(H,34,35). The van der Waals surface area contributed by atoms with Crippen molar-refractivity contribution in [3.05, 3.63) is 108 Å². The maximum atomic E-state index is 13.1. The molecule has 0 unspecified atom stereocenters. The Bertz CT molecular complexity index is 1470. The lowest BCUT2D eigenvalue weighted by molar-refractivity contribution is -0.113. The number of carbonyl (C=O) groups is 3. The quantitative estimate of drug-likeness (QED) is 0.323. The lowest BCUT2D eigenvalue weighted by Gasteiger charge is -2.20. The number of nitrogens with zero attached hydrogens (tertiary/aromatic N) is 2. The molecule has 0 fully saturated rings. The monoisotopic (exact) mass is 495 g/mol. The minimum Gasteiger partial charge on any atom is -0.473 e. The number of benzene rings is 3. The normalized spacial score (nSPS) is 12.3. The number of carbonyl (C=O) groups excluding carboxylic acids is 2. The van der Waals surface area contributed by atoms with Gasteiger partial charge in [0.2, 0.25) is 11.8 Å². The summed E-state index contributed by atoms with van der Waals surface area (Å²) in [6.07, 6.45) is -1.35. The van der Waals surface area contributed by atoms with Crippen molar-refractivity contribution in [1.29, 1.82) is 0 Å². The molecule has 4 aromatic rings. The summed E-state index contributed by atoms with van der Waals surface area (Å²) in [7, 11) is 0. The average molecular weight is 495 g/mol. The summed E-state index contributed by atoms with van der Waals surface area (Å²) < 4.78 is 11.9. The minimum atomic E-state index is -1.35. The van der Waals surface area contributed by atoms with E-state index in [1.165, 1.54) is 11.0 Å². The fourth-order valence-corrected chi connectivity index (χ4v) is 3.97. The molecule has 9 nitrogen and oxygen atoms in total. The van der Waals surface area contributed by atoms with E-state index < -0.39 is 17.8 Å². The number of hydrogen-bond donors (Lipinski definition) is 2. The number of aromatic nitrogens is 1. The molecule has 184 valence electrons. The van der Waals surface area contributed by atoms with E-state index >= 15 is 0 Å². The number of fused-ring (bicyclic) bond motifs is 1. The third kappa shape index (κ3) is 4.96. The van der Waals surface area contributed by atoms with E-state index in [1.54, 1.807) is 24.3 Å². The number of ether oxygens (including phenoxy) is 2. The third-order valence-electron chi connectivity index (χ3n) is 5.65. The highest BCUT2D eigenvalue weighted by molar-refractivity contribution is 6.55. The van der Waals surface area contributed by atoms with Gasteiger partial charge in [0, 0.05) is 6.07 Å². The molecule has 9 heteroatoms. The highest BCUT2D eigenvalue weighted by Crippen LogP contribution is 2.43. The molecule has 0 saturated carbocycles.